The molecular formula is C30H28N2O4S. The Balaban J connectivity index is 1.29. The van der Waals surface area contributed by atoms with E-state index in [0.717, 1.165) is 41.1 Å². The number of amides is 2. The van der Waals surface area contributed by atoms with E-state index in [1.807, 2.05) is 79.0 Å². The van der Waals surface area contributed by atoms with Gasteiger partial charge in [-0.3, -0.25) is 14.5 Å². The van der Waals surface area contributed by atoms with E-state index in [4.69, 9.17) is 9.47 Å². The van der Waals surface area contributed by atoms with Crippen molar-refractivity contribution >= 4 is 39.9 Å². The van der Waals surface area contributed by atoms with E-state index in [9.17, 15) is 9.59 Å². The summed E-state index contributed by atoms with van der Waals surface area (Å²) in [5.41, 5.74) is 3.15. The van der Waals surface area contributed by atoms with Crippen molar-refractivity contribution in [2.45, 2.75) is 19.4 Å². The molecule has 2 amide bonds. The van der Waals surface area contributed by atoms with E-state index < -0.39 is 0 Å². The molecule has 0 unspecified atom stereocenters. The van der Waals surface area contributed by atoms with Crippen LogP contribution >= 0.6 is 11.8 Å². The predicted octanol–water partition coefficient (Wildman–Crippen LogP) is 6.40. The number of rotatable bonds is 10. The zero-order chi connectivity index (χ0) is 25.6. The molecule has 1 aliphatic heterocycles. The summed E-state index contributed by atoms with van der Waals surface area (Å²) < 4.78 is 13.4. The number of para-hydroxylation sites is 3. The number of aryl methyl sites for hydroxylation is 1. The summed E-state index contributed by atoms with van der Waals surface area (Å²) in [6, 6.07) is 25.7. The SMILES string of the molecule is COc1ccccc1OCCn1cc(/C=C2\SC(=O)N(CCCc3ccccc3)C2=O)c2ccccc21. The van der Waals surface area contributed by atoms with Crippen molar-refractivity contribution in [3.63, 3.8) is 0 Å². The number of aromatic nitrogens is 1. The van der Waals surface area contributed by atoms with Gasteiger partial charge in [-0.2, -0.15) is 0 Å². The number of carbonyl (C=O) groups excluding carboxylic acids is 2. The van der Waals surface area contributed by atoms with Crippen molar-refractivity contribution in [3.05, 3.63) is 101 Å². The van der Waals surface area contributed by atoms with Gasteiger partial charge in [-0.05, 0) is 54.4 Å². The zero-order valence-electron chi connectivity index (χ0n) is 20.6. The smallest absolute Gasteiger partial charge is 0.293 e. The van der Waals surface area contributed by atoms with Crippen LogP contribution < -0.4 is 9.47 Å². The molecule has 1 aliphatic rings. The molecule has 0 radical (unpaired) electrons. The first-order valence-corrected chi connectivity index (χ1v) is 13.1. The van der Waals surface area contributed by atoms with Gasteiger partial charge in [-0.1, -0.05) is 60.7 Å². The van der Waals surface area contributed by atoms with Crippen molar-refractivity contribution in [3.8, 4) is 11.5 Å². The number of benzene rings is 3. The Kier molecular flexibility index (Phi) is 7.61. The van der Waals surface area contributed by atoms with Gasteiger partial charge in [0, 0.05) is 29.2 Å². The average Bonchev–Trinajstić information content (AvgIpc) is 3.41. The van der Waals surface area contributed by atoms with Crippen LogP contribution in [0, 0.1) is 0 Å². The number of carbonyl (C=O) groups is 2. The third kappa shape index (κ3) is 5.57. The lowest BCUT2D eigenvalue weighted by atomic mass is 10.1. The first kappa shape index (κ1) is 24.7. The Labute approximate surface area is 220 Å². The highest BCUT2D eigenvalue weighted by Gasteiger charge is 2.34. The van der Waals surface area contributed by atoms with Gasteiger partial charge in [-0.25, -0.2) is 0 Å². The maximum Gasteiger partial charge on any atom is 0.293 e. The quantitative estimate of drug-likeness (QED) is 0.230. The van der Waals surface area contributed by atoms with Crippen LogP contribution in [-0.2, 0) is 17.8 Å². The van der Waals surface area contributed by atoms with Crippen LogP contribution in [0.15, 0.2) is 90.0 Å². The number of thioether (sulfide) groups is 1. The van der Waals surface area contributed by atoms with E-state index in [-0.39, 0.29) is 11.1 Å². The van der Waals surface area contributed by atoms with Crippen molar-refractivity contribution < 1.29 is 19.1 Å². The standard InChI is InChI=1S/C30H28N2O4S/c1-35-26-15-7-8-16-27(26)36-19-18-31-21-23(24-13-5-6-14-25(24)31)20-28-29(33)32(30(34)37-28)17-9-12-22-10-3-2-4-11-22/h2-8,10-11,13-16,20-21H,9,12,17-19H2,1H3/b28-20-. The van der Waals surface area contributed by atoms with Crippen LogP contribution in [0.1, 0.15) is 17.5 Å². The molecule has 1 saturated heterocycles. The number of fused-ring (bicyclic) bond motifs is 1. The third-order valence-corrected chi connectivity index (χ3v) is 7.24. The Bertz CT molecular complexity index is 1440. The van der Waals surface area contributed by atoms with Gasteiger partial charge < -0.3 is 14.0 Å². The van der Waals surface area contributed by atoms with E-state index in [1.165, 1.54) is 10.5 Å². The summed E-state index contributed by atoms with van der Waals surface area (Å²) in [4.78, 5) is 27.5. The lowest BCUT2D eigenvalue weighted by molar-refractivity contribution is -0.122. The molecule has 2 heterocycles. The van der Waals surface area contributed by atoms with Gasteiger partial charge in [0.15, 0.2) is 11.5 Å². The Morgan fingerprint density at radius 1 is 0.865 bits per heavy atom. The van der Waals surface area contributed by atoms with Crippen LogP contribution in [0.2, 0.25) is 0 Å². The number of ether oxygens (including phenoxy) is 2. The highest BCUT2D eigenvalue weighted by Crippen LogP contribution is 2.34. The molecule has 0 atom stereocenters. The fourth-order valence-corrected chi connectivity index (χ4v) is 5.34. The molecule has 37 heavy (non-hydrogen) atoms. The lowest BCUT2D eigenvalue weighted by Crippen LogP contribution is -2.29. The molecule has 1 aromatic heterocycles. The van der Waals surface area contributed by atoms with Crippen molar-refractivity contribution in [1.82, 2.24) is 9.47 Å². The maximum absolute atomic E-state index is 13.1. The molecule has 188 valence electrons. The zero-order valence-corrected chi connectivity index (χ0v) is 21.4. The first-order valence-electron chi connectivity index (χ1n) is 12.3. The molecular weight excluding hydrogens is 484 g/mol. The first-order chi connectivity index (χ1) is 18.1. The molecule has 1 fully saturated rings. The minimum absolute atomic E-state index is 0.210. The number of nitrogens with zero attached hydrogens (tertiary/aromatic N) is 2. The fourth-order valence-electron chi connectivity index (χ4n) is 4.49. The van der Waals surface area contributed by atoms with E-state index in [0.29, 0.717) is 36.1 Å². The fraction of sp³-hybridized carbons (Fsp3) is 0.200. The monoisotopic (exact) mass is 512 g/mol. The summed E-state index contributed by atoms with van der Waals surface area (Å²) in [6.45, 7) is 1.49. The van der Waals surface area contributed by atoms with Crippen LogP contribution in [0.5, 0.6) is 11.5 Å². The van der Waals surface area contributed by atoms with Gasteiger partial charge in [0.25, 0.3) is 11.1 Å². The van der Waals surface area contributed by atoms with E-state index >= 15 is 0 Å². The van der Waals surface area contributed by atoms with Gasteiger partial charge in [0.1, 0.15) is 6.61 Å². The number of hydrogen-bond donors (Lipinski definition) is 0. The Hall–Kier alpha value is -3.97. The summed E-state index contributed by atoms with van der Waals surface area (Å²) >= 11 is 1.01. The normalized spacial score (nSPS) is 14.6. The van der Waals surface area contributed by atoms with Crippen LogP contribution in [0.3, 0.4) is 0 Å². The molecule has 3 aromatic carbocycles. The molecule has 4 aromatic rings. The second-order valence-electron chi connectivity index (χ2n) is 8.72. The Morgan fingerprint density at radius 3 is 2.41 bits per heavy atom. The molecule has 0 bridgehead atoms. The highest BCUT2D eigenvalue weighted by atomic mass is 32.2. The van der Waals surface area contributed by atoms with Crippen LogP contribution in [0.4, 0.5) is 4.79 Å². The molecule has 0 aliphatic carbocycles. The molecule has 0 N–H and O–H groups in total. The van der Waals surface area contributed by atoms with Gasteiger partial charge in [0.2, 0.25) is 0 Å². The second kappa shape index (κ2) is 11.4. The van der Waals surface area contributed by atoms with Crippen molar-refractivity contribution in [1.29, 1.82) is 0 Å². The minimum Gasteiger partial charge on any atom is -0.493 e. The number of methoxy groups -OCH3 is 1. The average molecular weight is 513 g/mol. The molecule has 0 spiro atoms. The molecule has 6 nitrogen and oxygen atoms in total. The lowest BCUT2D eigenvalue weighted by Gasteiger charge is -2.12. The largest absolute Gasteiger partial charge is 0.493 e. The maximum atomic E-state index is 13.1. The minimum atomic E-state index is -0.223. The summed E-state index contributed by atoms with van der Waals surface area (Å²) in [5.74, 6) is 1.17. The molecule has 0 saturated carbocycles. The second-order valence-corrected chi connectivity index (χ2v) is 9.71. The van der Waals surface area contributed by atoms with Crippen molar-refractivity contribution in [2.24, 2.45) is 0 Å². The van der Waals surface area contributed by atoms with Gasteiger partial charge in [-0.15, -0.1) is 0 Å². The topological polar surface area (TPSA) is 60.8 Å². The van der Waals surface area contributed by atoms with Crippen molar-refractivity contribution in [2.75, 3.05) is 20.3 Å². The van der Waals surface area contributed by atoms with Crippen LogP contribution in [-0.4, -0.2) is 40.9 Å². The number of hydrogen-bond acceptors (Lipinski definition) is 5. The summed E-state index contributed by atoms with van der Waals surface area (Å²) in [6.07, 6.45) is 5.41. The summed E-state index contributed by atoms with van der Waals surface area (Å²) in [7, 11) is 1.62. The van der Waals surface area contributed by atoms with E-state index in [1.54, 1.807) is 7.11 Å². The predicted molar refractivity (Wildman–Crippen MR) is 148 cm³/mol. The van der Waals surface area contributed by atoms with Crippen LogP contribution in [0.25, 0.3) is 17.0 Å². The molecule has 5 rings (SSSR count). The Morgan fingerprint density at radius 2 is 1.59 bits per heavy atom. The number of imide groups is 1. The summed E-state index contributed by atoms with van der Waals surface area (Å²) in [5, 5.41) is 0.814. The van der Waals surface area contributed by atoms with Gasteiger partial charge >= 0.3 is 0 Å². The van der Waals surface area contributed by atoms with Gasteiger partial charge in [0.05, 0.1) is 18.6 Å². The third-order valence-electron chi connectivity index (χ3n) is 6.33. The van der Waals surface area contributed by atoms with E-state index in [2.05, 4.69) is 16.7 Å². The molecule has 7 heteroatoms. The highest BCUT2D eigenvalue weighted by molar-refractivity contribution is 8.18.